The van der Waals surface area contributed by atoms with Gasteiger partial charge in [0.1, 0.15) is 5.54 Å². The van der Waals surface area contributed by atoms with E-state index in [1.54, 1.807) is 0 Å². The van der Waals surface area contributed by atoms with Crippen LogP contribution in [0.25, 0.3) is 0 Å². The molecule has 112 valence electrons. The van der Waals surface area contributed by atoms with Gasteiger partial charge in [0.25, 0.3) is 0 Å². The predicted octanol–water partition coefficient (Wildman–Crippen LogP) is 3.11. The van der Waals surface area contributed by atoms with Gasteiger partial charge in [-0.15, -0.1) is 0 Å². The van der Waals surface area contributed by atoms with Crippen LogP contribution in [0.4, 0.5) is 0 Å². The van der Waals surface area contributed by atoms with E-state index in [1.165, 1.54) is 19.3 Å². The highest BCUT2D eigenvalue weighted by Gasteiger charge is 2.62. The molecule has 0 aromatic heterocycles. The maximum Gasteiger partial charge on any atom is 0.132 e. The van der Waals surface area contributed by atoms with E-state index < -0.39 is 5.54 Å². The number of ether oxygens (including phenoxy) is 1. The average molecular weight is 276 g/mol. The lowest BCUT2D eigenvalue weighted by molar-refractivity contribution is -0.0626. The molecule has 3 saturated carbocycles. The molecule has 3 aliphatic carbocycles. The van der Waals surface area contributed by atoms with E-state index in [1.807, 2.05) is 7.05 Å². The molecule has 0 aliphatic heterocycles. The van der Waals surface area contributed by atoms with Crippen LogP contribution < -0.4 is 5.32 Å². The fraction of sp³-hybridized carbons (Fsp3) is 0.941. The molecule has 2 bridgehead atoms. The second-order valence-corrected chi connectivity index (χ2v) is 8.02. The van der Waals surface area contributed by atoms with E-state index in [9.17, 15) is 5.26 Å². The Labute approximate surface area is 123 Å². The molecule has 3 heteroatoms. The average Bonchev–Trinajstić information content (AvgIpc) is 3.21. The first kappa shape index (κ1) is 14.4. The van der Waals surface area contributed by atoms with Crippen LogP contribution in [0.1, 0.15) is 52.9 Å². The Bertz CT molecular complexity index is 437. The number of likely N-dealkylation sites (N-methyl/N-ethyl adjacent to an activating group) is 1. The number of nitriles is 1. The summed E-state index contributed by atoms with van der Waals surface area (Å²) in [7, 11) is 1.90. The van der Waals surface area contributed by atoms with Crippen molar-refractivity contribution in [2.75, 3.05) is 13.7 Å². The summed E-state index contributed by atoms with van der Waals surface area (Å²) < 4.78 is 6.34. The highest BCUT2D eigenvalue weighted by molar-refractivity contribution is 5.16. The molecule has 0 radical (unpaired) electrons. The molecular formula is C17H28N2O. The lowest BCUT2D eigenvalue weighted by Crippen LogP contribution is -2.50. The van der Waals surface area contributed by atoms with Gasteiger partial charge in [-0.25, -0.2) is 0 Å². The monoisotopic (exact) mass is 276 g/mol. The zero-order chi connectivity index (χ0) is 14.6. The van der Waals surface area contributed by atoms with Crippen LogP contribution in [0.15, 0.2) is 0 Å². The van der Waals surface area contributed by atoms with Crippen LogP contribution in [0.3, 0.4) is 0 Å². The Morgan fingerprint density at radius 2 is 2.00 bits per heavy atom. The van der Waals surface area contributed by atoms with Crippen molar-refractivity contribution < 1.29 is 4.74 Å². The second-order valence-electron chi connectivity index (χ2n) is 8.02. The molecule has 0 aromatic carbocycles. The number of hydrogen-bond acceptors (Lipinski definition) is 3. The summed E-state index contributed by atoms with van der Waals surface area (Å²) in [5.41, 5.74) is 0.213. The third-order valence-electron chi connectivity index (χ3n) is 7.15. The molecule has 4 atom stereocenters. The number of rotatable bonds is 5. The third-order valence-corrected chi connectivity index (χ3v) is 7.15. The highest BCUT2D eigenvalue weighted by atomic mass is 16.5. The van der Waals surface area contributed by atoms with Crippen LogP contribution in [0.5, 0.6) is 0 Å². The van der Waals surface area contributed by atoms with Gasteiger partial charge in [0, 0.05) is 0 Å². The van der Waals surface area contributed by atoms with Crippen molar-refractivity contribution in [3.8, 4) is 6.07 Å². The van der Waals surface area contributed by atoms with Gasteiger partial charge in [-0.3, -0.25) is 0 Å². The summed E-state index contributed by atoms with van der Waals surface area (Å²) >= 11 is 0. The van der Waals surface area contributed by atoms with E-state index in [0.717, 1.165) is 18.8 Å². The number of fused-ring (bicyclic) bond motifs is 2. The SMILES string of the molecule is CNC(C#N)(COC1CC2CCC1(C)C2(C)C)C1CC1. The first-order chi connectivity index (χ1) is 9.39. The molecule has 0 spiro atoms. The molecule has 4 unspecified atom stereocenters. The minimum atomic E-state index is -0.456. The number of nitrogens with zero attached hydrogens (tertiary/aromatic N) is 1. The first-order valence-corrected chi connectivity index (χ1v) is 8.11. The van der Waals surface area contributed by atoms with Crippen LogP contribution >= 0.6 is 0 Å². The van der Waals surface area contributed by atoms with Crippen molar-refractivity contribution in [2.24, 2.45) is 22.7 Å². The van der Waals surface area contributed by atoms with Crippen molar-refractivity contribution in [3.05, 3.63) is 0 Å². The Kier molecular flexibility index (Phi) is 3.19. The smallest absolute Gasteiger partial charge is 0.132 e. The maximum absolute atomic E-state index is 9.57. The van der Waals surface area contributed by atoms with Crippen molar-refractivity contribution in [1.82, 2.24) is 5.32 Å². The molecule has 0 heterocycles. The van der Waals surface area contributed by atoms with E-state index in [4.69, 9.17) is 4.74 Å². The molecule has 3 rings (SSSR count). The van der Waals surface area contributed by atoms with E-state index in [-0.39, 0.29) is 5.41 Å². The first-order valence-electron chi connectivity index (χ1n) is 8.11. The fourth-order valence-corrected chi connectivity index (χ4v) is 4.76. The molecule has 3 nitrogen and oxygen atoms in total. The minimum Gasteiger partial charge on any atom is -0.375 e. The van der Waals surface area contributed by atoms with Crippen LogP contribution in [-0.2, 0) is 4.74 Å². The Balaban J connectivity index is 1.70. The topological polar surface area (TPSA) is 45.0 Å². The Morgan fingerprint density at radius 1 is 1.30 bits per heavy atom. The van der Waals surface area contributed by atoms with Gasteiger partial charge in [0.15, 0.2) is 0 Å². The van der Waals surface area contributed by atoms with Crippen LogP contribution in [0.2, 0.25) is 0 Å². The van der Waals surface area contributed by atoms with Gasteiger partial charge in [-0.2, -0.15) is 5.26 Å². The molecule has 1 N–H and O–H groups in total. The van der Waals surface area contributed by atoms with Crippen molar-refractivity contribution in [3.63, 3.8) is 0 Å². The summed E-state index contributed by atoms with van der Waals surface area (Å²) in [6.07, 6.45) is 6.45. The van der Waals surface area contributed by atoms with Gasteiger partial charge >= 0.3 is 0 Å². The van der Waals surface area contributed by atoms with Crippen LogP contribution in [0, 0.1) is 34.0 Å². The molecule has 3 fully saturated rings. The quantitative estimate of drug-likeness (QED) is 0.839. The van der Waals surface area contributed by atoms with E-state index in [2.05, 4.69) is 32.2 Å². The van der Waals surface area contributed by atoms with Crippen molar-refractivity contribution >= 4 is 0 Å². The lowest BCUT2D eigenvalue weighted by atomic mass is 9.70. The van der Waals surface area contributed by atoms with E-state index in [0.29, 0.717) is 24.0 Å². The van der Waals surface area contributed by atoms with Gasteiger partial charge in [0.05, 0.1) is 18.8 Å². The Hall–Kier alpha value is -0.590. The van der Waals surface area contributed by atoms with Gasteiger partial charge in [0.2, 0.25) is 0 Å². The maximum atomic E-state index is 9.57. The molecule has 0 aromatic rings. The van der Waals surface area contributed by atoms with Gasteiger partial charge in [-0.05, 0) is 61.8 Å². The molecule has 0 saturated heterocycles. The molecule has 0 amide bonds. The molecule has 20 heavy (non-hydrogen) atoms. The third kappa shape index (κ3) is 1.77. The minimum absolute atomic E-state index is 0.288. The lowest BCUT2D eigenvalue weighted by Gasteiger charge is -2.40. The van der Waals surface area contributed by atoms with Gasteiger partial charge < -0.3 is 10.1 Å². The zero-order valence-corrected chi connectivity index (χ0v) is 13.3. The highest BCUT2D eigenvalue weighted by Crippen LogP contribution is 2.66. The second kappa shape index (κ2) is 4.45. The van der Waals surface area contributed by atoms with Crippen LogP contribution in [-0.4, -0.2) is 25.3 Å². The summed E-state index contributed by atoms with van der Waals surface area (Å²) in [6.45, 7) is 7.76. The van der Waals surface area contributed by atoms with Crippen molar-refractivity contribution in [2.45, 2.75) is 64.5 Å². The normalized spacial score (nSPS) is 41.4. The summed E-state index contributed by atoms with van der Waals surface area (Å²) in [6, 6.07) is 2.49. The molecular weight excluding hydrogens is 248 g/mol. The summed E-state index contributed by atoms with van der Waals surface area (Å²) in [4.78, 5) is 0. The molecule has 3 aliphatic rings. The predicted molar refractivity (Wildman–Crippen MR) is 79.1 cm³/mol. The fourth-order valence-electron chi connectivity index (χ4n) is 4.76. The number of nitrogens with one attached hydrogen (secondary N) is 1. The zero-order valence-electron chi connectivity index (χ0n) is 13.3. The largest absolute Gasteiger partial charge is 0.375 e. The number of hydrogen-bond donors (Lipinski definition) is 1. The Morgan fingerprint density at radius 3 is 2.40 bits per heavy atom. The standard InChI is InChI=1S/C17H28N2O/c1-15(2)13-7-8-16(15,3)14(9-13)20-11-17(10-18,19-4)12-5-6-12/h12-14,19H,5-9,11H2,1-4H3. The van der Waals surface area contributed by atoms with E-state index >= 15 is 0 Å². The summed E-state index contributed by atoms with van der Waals surface area (Å²) in [5.74, 6) is 1.28. The van der Waals surface area contributed by atoms with Crippen molar-refractivity contribution in [1.29, 1.82) is 5.26 Å². The summed E-state index contributed by atoms with van der Waals surface area (Å²) in [5, 5.41) is 12.8. The van der Waals surface area contributed by atoms with Gasteiger partial charge in [-0.1, -0.05) is 20.8 Å².